The van der Waals surface area contributed by atoms with E-state index in [0.29, 0.717) is 5.15 Å². The Balaban J connectivity index is 1.85. The van der Waals surface area contributed by atoms with Crippen molar-refractivity contribution >= 4 is 17.5 Å². The maximum absolute atomic E-state index is 12.2. The largest absolute Gasteiger partial charge is 0.357 e. The van der Waals surface area contributed by atoms with Gasteiger partial charge in [-0.15, -0.1) is 0 Å². The van der Waals surface area contributed by atoms with Crippen LogP contribution in [0.25, 0.3) is 11.3 Å². The SMILES string of the molecule is O=C1NCC2(CCCC2)c2[nH]c(-c3ccnc(Cl)c3)cc21. The summed E-state index contributed by atoms with van der Waals surface area (Å²) < 4.78 is 0. The minimum Gasteiger partial charge on any atom is -0.357 e. The predicted octanol–water partition coefficient (Wildman–Crippen LogP) is 3.29. The summed E-state index contributed by atoms with van der Waals surface area (Å²) in [6.45, 7) is 0.746. The van der Waals surface area contributed by atoms with Crippen LogP contribution in [0.1, 0.15) is 41.7 Å². The van der Waals surface area contributed by atoms with E-state index in [4.69, 9.17) is 11.6 Å². The third-order valence-corrected chi connectivity index (χ3v) is 4.98. The number of hydrogen-bond acceptors (Lipinski definition) is 2. The topological polar surface area (TPSA) is 57.8 Å². The van der Waals surface area contributed by atoms with Crippen molar-refractivity contribution in [2.75, 3.05) is 6.54 Å². The number of aromatic nitrogens is 2. The number of nitrogens with one attached hydrogen (secondary N) is 2. The lowest BCUT2D eigenvalue weighted by Gasteiger charge is -2.33. The molecule has 0 atom stereocenters. The van der Waals surface area contributed by atoms with Gasteiger partial charge in [-0.25, -0.2) is 4.98 Å². The third kappa shape index (κ3) is 1.97. The first-order valence-corrected chi connectivity index (χ1v) is 7.69. The van der Waals surface area contributed by atoms with Crippen LogP contribution >= 0.6 is 11.6 Å². The molecule has 4 rings (SSSR count). The fourth-order valence-electron chi connectivity index (χ4n) is 3.69. The summed E-state index contributed by atoms with van der Waals surface area (Å²) in [5.74, 6) is 0.0187. The Labute approximate surface area is 127 Å². The molecule has 2 aromatic heterocycles. The van der Waals surface area contributed by atoms with Crippen LogP contribution in [0.2, 0.25) is 5.15 Å². The van der Waals surface area contributed by atoms with Gasteiger partial charge in [-0.05, 0) is 31.0 Å². The van der Waals surface area contributed by atoms with E-state index < -0.39 is 0 Å². The lowest BCUT2D eigenvalue weighted by molar-refractivity contribution is 0.0924. The first-order chi connectivity index (χ1) is 10.2. The highest BCUT2D eigenvalue weighted by atomic mass is 35.5. The average molecular weight is 302 g/mol. The van der Waals surface area contributed by atoms with Gasteiger partial charge in [0.05, 0.1) is 5.56 Å². The maximum Gasteiger partial charge on any atom is 0.253 e. The van der Waals surface area contributed by atoms with Gasteiger partial charge in [-0.2, -0.15) is 0 Å². The van der Waals surface area contributed by atoms with E-state index in [0.717, 1.165) is 41.9 Å². The molecule has 2 N–H and O–H groups in total. The van der Waals surface area contributed by atoms with Crippen molar-refractivity contribution in [2.24, 2.45) is 0 Å². The van der Waals surface area contributed by atoms with Gasteiger partial charge in [0.25, 0.3) is 5.91 Å². The smallest absolute Gasteiger partial charge is 0.253 e. The summed E-state index contributed by atoms with van der Waals surface area (Å²) in [4.78, 5) is 19.7. The molecule has 1 aliphatic heterocycles. The van der Waals surface area contributed by atoms with E-state index in [2.05, 4.69) is 15.3 Å². The number of halogens is 1. The van der Waals surface area contributed by atoms with Crippen LogP contribution in [-0.2, 0) is 5.41 Å². The number of hydrogen-bond donors (Lipinski definition) is 2. The molecular formula is C16H16ClN3O. The quantitative estimate of drug-likeness (QED) is 0.794. The zero-order chi connectivity index (χ0) is 14.4. The molecule has 2 aliphatic rings. The van der Waals surface area contributed by atoms with E-state index in [9.17, 15) is 4.79 Å². The molecule has 3 heterocycles. The Hall–Kier alpha value is -1.81. The monoisotopic (exact) mass is 301 g/mol. The highest BCUT2D eigenvalue weighted by Crippen LogP contribution is 2.44. The van der Waals surface area contributed by atoms with Gasteiger partial charge in [0.1, 0.15) is 5.15 Å². The summed E-state index contributed by atoms with van der Waals surface area (Å²) in [5.41, 5.74) is 3.88. The number of carbonyl (C=O) groups is 1. The van der Waals surface area contributed by atoms with E-state index in [-0.39, 0.29) is 11.3 Å². The zero-order valence-corrected chi connectivity index (χ0v) is 12.3. The lowest BCUT2D eigenvalue weighted by atomic mass is 9.78. The van der Waals surface area contributed by atoms with Gasteiger partial charge in [-0.1, -0.05) is 24.4 Å². The molecule has 0 unspecified atom stereocenters. The number of amides is 1. The van der Waals surface area contributed by atoms with Crippen LogP contribution in [0.3, 0.4) is 0 Å². The van der Waals surface area contributed by atoms with E-state index >= 15 is 0 Å². The van der Waals surface area contributed by atoms with E-state index in [1.54, 1.807) is 6.20 Å². The summed E-state index contributed by atoms with van der Waals surface area (Å²) in [5, 5.41) is 3.51. The number of nitrogens with zero attached hydrogens (tertiary/aromatic N) is 1. The van der Waals surface area contributed by atoms with Crippen molar-refractivity contribution in [2.45, 2.75) is 31.1 Å². The molecule has 0 aromatic carbocycles. The average Bonchev–Trinajstić information content (AvgIpc) is 3.12. The van der Waals surface area contributed by atoms with Gasteiger partial charge in [0.2, 0.25) is 0 Å². The Morgan fingerprint density at radius 2 is 2.05 bits per heavy atom. The van der Waals surface area contributed by atoms with E-state index in [1.807, 2.05) is 18.2 Å². The molecule has 0 saturated heterocycles. The Kier molecular flexibility index (Phi) is 2.82. The summed E-state index contributed by atoms with van der Waals surface area (Å²) in [7, 11) is 0. The minimum atomic E-state index is 0.0187. The fraction of sp³-hybridized carbons (Fsp3) is 0.375. The van der Waals surface area contributed by atoms with Crippen LogP contribution < -0.4 is 5.32 Å². The minimum absolute atomic E-state index is 0.0187. The summed E-state index contributed by atoms with van der Waals surface area (Å²) >= 11 is 5.97. The van der Waals surface area contributed by atoms with Gasteiger partial charge in [0.15, 0.2) is 0 Å². The van der Waals surface area contributed by atoms with Crippen LogP contribution in [0.5, 0.6) is 0 Å². The van der Waals surface area contributed by atoms with Crippen LogP contribution in [0.15, 0.2) is 24.4 Å². The molecule has 108 valence electrons. The summed E-state index contributed by atoms with van der Waals surface area (Å²) in [6.07, 6.45) is 6.41. The summed E-state index contributed by atoms with van der Waals surface area (Å²) in [6, 6.07) is 5.66. The first kappa shape index (κ1) is 12.9. The molecule has 1 spiro atoms. The Morgan fingerprint density at radius 3 is 2.81 bits per heavy atom. The molecule has 0 radical (unpaired) electrons. The molecular weight excluding hydrogens is 286 g/mol. The first-order valence-electron chi connectivity index (χ1n) is 7.32. The fourth-order valence-corrected chi connectivity index (χ4v) is 3.86. The van der Waals surface area contributed by atoms with Crippen LogP contribution in [0.4, 0.5) is 0 Å². The van der Waals surface area contributed by atoms with Crippen LogP contribution in [-0.4, -0.2) is 22.4 Å². The van der Waals surface area contributed by atoms with E-state index in [1.165, 1.54) is 12.8 Å². The molecule has 1 fully saturated rings. The molecule has 21 heavy (non-hydrogen) atoms. The highest BCUT2D eigenvalue weighted by molar-refractivity contribution is 6.29. The standard InChI is InChI=1S/C16H16ClN3O/c17-13-7-10(3-6-18-13)12-8-11-14(20-12)16(4-1-2-5-16)9-19-15(11)21/h3,6-8,20H,1-2,4-5,9H2,(H,19,21). The molecule has 0 bridgehead atoms. The van der Waals surface area contributed by atoms with Gasteiger partial charge in [0, 0.05) is 35.1 Å². The Bertz CT molecular complexity index is 716. The Morgan fingerprint density at radius 1 is 1.24 bits per heavy atom. The number of aromatic amines is 1. The molecule has 1 amide bonds. The second kappa shape index (κ2) is 4.60. The van der Waals surface area contributed by atoms with Crippen molar-refractivity contribution in [3.05, 3.63) is 40.8 Å². The number of rotatable bonds is 1. The number of pyridine rings is 1. The highest BCUT2D eigenvalue weighted by Gasteiger charge is 2.43. The number of fused-ring (bicyclic) bond motifs is 2. The lowest BCUT2D eigenvalue weighted by Crippen LogP contribution is -2.45. The zero-order valence-electron chi connectivity index (χ0n) is 11.6. The second-order valence-electron chi connectivity index (χ2n) is 6.01. The third-order valence-electron chi connectivity index (χ3n) is 4.78. The molecule has 4 nitrogen and oxygen atoms in total. The molecule has 2 aromatic rings. The maximum atomic E-state index is 12.2. The van der Waals surface area contributed by atoms with Crippen molar-refractivity contribution < 1.29 is 4.79 Å². The van der Waals surface area contributed by atoms with Gasteiger partial charge < -0.3 is 10.3 Å². The molecule has 1 saturated carbocycles. The van der Waals surface area contributed by atoms with Crippen LogP contribution in [0, 0.1) is 0 Å². The second-order valence-corrected chi connectivity index (χ2v) is 6.40. The molecule has 5 heteroatoms. The number of H-pyrrole nitrogens is 1. The van der Waals surface area contributed by atoms with Crippen molar-refractivity contribution in [3.63, 3.8) is 0 Å². The van der Waals surface area contributed by atoms with Crippen molar-refractivity contribution in [1.82, 2.24) is 15.3 Å². The number of carbonyl (C=O) groups excluding carboxylic acids is 1. The van der Waals surface area contributed by atoms with Crippen molar-refractivity contribution in [1.29, 1.82) is 0 Å². The molecule has 1 aliphatic carbocycles. The van der Waals surface area contributed by atoms with Gasteiger partial charge >= 0.3 is 0 Å². The van der Waals surface area contributed by atoms with Crippen molar-refractivity contribution in [3.8, 4) is 11.3 Å². The normalized spacial score (nSPS) is 19.6. The van der Waals surface area contributed by atoms with Gasteiger partial charge in [-0.3, -0.25) is 4.79 Å². The predicted molar refractivity (Wildman–Crippen MR) is 81.5 cm³/mol.